The maximum absolute atomic E-state index is 12.4. The van der Waals surface area contributed by atoms with Crippen LogP contribution in [-0.2, 0) is 12.1 Å². The molecular formula is C22H27N3O2. The van der Waals surface area contributed by atoms with Crippen LogP contribution >= 0.6 is 0 Å². The van der Waals surface area contributed by atoms with Gasteiger partial charge in [0.05, 0.1) is 13.7 Å². The van der Waals surface area contributed by atoms with Gasteiger partial charge in [-0.1, -0.05) is 36.4 Å². The van der Waals surface area contributed by atoms with Crippen LogP contribution in [0.15, 0.2) is 48.5 Å². The monoisotopic (exact) mass is 365 g/mol. The van der Waals surface area contributed by atoms with E-state index in [2.05, 4.69) is 41.7 Å². The van der Waals surface area contributed by atoms with Crippen LogP contribution in [0.5, 0.6) is 5.75 Å². The number of amides is 2. The molecule has 1 atom stereocenters. The molecule has 1 aliphatic carbocycles. The summed E-state index contributed by atoms with van der Waals surface area (Å²) >= 11 is 0. The van der Waals surface area contributed by atoms with E-state index in [1.165, 1.54) is 24.0 Å². The zero-order valence-corrected chi connectivity index (χ0v) is 15.8. The van der Waals surface area contributed by atoms with Gasteiger partial charge in [0, 0.05) is 6.54 Å². The van der Waals surface area contributed by atoms with Crippen LogP contribution in [0.3, 0.4) is 0 Å². The van der Waals surface area contributed by atoms with E-state index in [0.29, 0.717) is 13.1 Å². The van der Waals surface area contributed by atoms with Gasteiger partial charge in [-0.15, -0.1) is 0 Å². The van der Waals surface area contributed by atoms with Crippen molar-refractivity contribution in [2.75, 3.05) is 20.2 Å². The Bertz CT molecular complexity index is 799. The number of carbonyl (C=O) groups is 1. The van der Waals surface area contributed by atoms with E-state index in [1.807, 2.05) is 12.1 Å². The highest BCUT2D eigenvalue weighted by Gasteiger charge is 2.43. The van der Waals surface area contributed by atoms with Crippen LogP contribution in [0.4, 0.5) is 4.79 Å². The molecule has 1 heterocycles. The highest BCUT2D eigenvalue weighted by Crippen LogP contribution is 2.40. The van der Waals surface area contributed by atoms with Crippen molar-refractivity contribution in [1.82, 2.24) is 10.2 Å². The minimum Gasteiger partial charge on any atom is -0.497 e. The molecular weight excluding hydrogens is 338 g/mol. The Balaban J connectivity index is 1.42. The van der Waals surface area contributed by atoms with Crippen molar-refractivity contribution in [2.24, 2.45) is 5.73 Å². The number of hydrogen-bond acceptors (Lipinski definition) is 3. The SMILES string of the molecule is COc1ccc(CCCN2C(=O)NCC2(N)c2ccc(C3CC3)cc2)cc1. The molecule has 3 N–H and O–H groups in total. The summed E-state index contributed by atoms with van der Waals surface area (Å²) in [5.74, 6) is 1.57. The molecule has 5 heteroatoms. The second kappa shape index (κ2) is 7.24. The zero-order chi connectivity index (χ0) is 18.9. The summed E-state index contributed by atoms with van der Waals surface area (Å²) in [7, 11) is 1.67. The van der Waals surface area contributed by atoms with Crippen molar-refractivity contribution in [1.29, 1.82) is 0 Å². The minimum absolute atomic E-state index is 0.0847. The third kappa shape index (κ3) is 3.65. The first-order chi connectivity index (χ1) is 13.1. The summed E-state index contributed by atoms with van der Waals surface area (Å²) in [4.78, 5) is 14.2. The first-order valence-electron chi connectivity index (χ1n) is 9.68. The topological polar surface area (TPSA) is 67.6 Å². The fraction of sp³-hybridized carbons (Fsp3) is 0.409. The Morgan fingerprint density at radius 2 is 1.85 bits per heavy atom. The summed E-state index contributed by atoms with van der Waals surface area (Å²) in [6, 6.07) is 16.5. The number of aryl methyl sites for hydroxylation is 1. The molecule has 2 aliphatic rings. The molecule has 1 unspecified atom stereocenters. The lowest BCUT2D eigenvalue weighted by molar-refractivity contribution is 0.158. The Hall–Kier alpha value is -2.53. The Labute approximate surface area is 160 Å². The number of nitrogens with zero attached hydrogens (tertiary/aromatic N) is 1. The van der Waals surface area contributed by atoms with Crippen LogP contribution in [-0.4, -0.2) is 31.1 Å². The van der Waals surface area contributed by atoms with E-state index in [1.54, 1.807) is 12.0 Å². The van der Waals surface area contributed by atoms with Crippen molar-refractivity contribution in [2.45, 2.75) is 37.3 Å². The minimum atomic E-state index is -0.779. The van der Waals surface area contributed by atoms with Crippen LogP contribution in [0.25, 0.3) is 0 Å². The maximum Gasteiger partial charge on any atom is 0.319 e. The molecule has 0 aromatic heterocycles. The summed E-state index contributed by atoms with van der Waals surface area (Å²) in [6.45, 7) is 1.07. The second-order valence-electron chi connectivity index (χ2n) is 7.58. The maximum atomic E-state index is 12.4. The predicted molar refractivity (Wildman–Crippen MR) is 106 cm³/mol. The van der Waals surface area contributed by atoms with Crippen LogP contribution in [0, 0.1) is 0 Å². The van der Waals surface area contributed by atoms with Crippen molar-refractivity contribution >= 4 is 6.03 Å². The average molecular weight is 365 g/mol. The van der Waals surface area contributed by atoms with Crippen LogP contribution in [0.1, 0.15) is 41.9 Å². The Morgan fingerprint density at radius 1 is 1.15 bits per heavy atom. The number of urea groups is 1. The molecule has 5 nitrogen and oxygen atoms in total. The summed E-state index contributed by atoms with van der Waals surface area (Å²) in [6.07, 6.45) is 4.32. The number of benzene rings is 2. The predicted octanol–water partition coefficient (Wildman–Crippen LogP) is 3.34. The van der Waals surface area contributed by atoms with E-state index in [9.17, 15) is 4.79 Å². The largest absolute Gasteiger partial charge is 0.497 e. The number of methoxy groups -OCH3 is 1. The standard InChI is InChI=1S/C22H27N3O2/c1-27-20-12-4-16(5-13-20)3-2-14-25-21(26)24-15-22(25,23)19-10-8-18(9-11-19)17-6-7-17/h4-5,8-13,17H,2-3,6-7,14-15,23H2,1H3,(H,24,26). The Kier molecular flexibility index (Phi) is 4.79. The fourth-order valence-electron chi connectivity index (χ4n) is 3.84. The first kappa shape index (κ1) is 17.9. The number of hydrogen-bond donors (Lipinski definition) is 2. The molecule has 2 aromatic carbocycles. The van der Waals surface area contributed by atoms with E-state index in [4.69, 9.17) is 10.5 Å². The molecule has 1 saturated carbocycles. The number of carbonyl (C=O) groups excluding carboxylic acids is 1. The summed E-state index contributed by atoms with van der Waals surface area (Å²) in [5, 5.41) is 2.92. The van der Waals surface area contributed by atoms with Gasteiger partial charge in [-0.25, -0.2) is 4.79 Å². The van der Waals surface area contributed by atoms with Crippen molar-refractivity contribution < 1.29 is 9.53 Å². The van der Waals surface area contributed by atoms with Gasteiger partial charge in [-0.05, 0) is 60.4 Å². The fourth-order valence-corrected chi connectivity index (χ4v) is 3.84. The van der Waals surface area contributed by atoms with Gasteiger partial charge in [-0.2, -0.15) is 0 Å². The van der Waals surface area contributed by atoms with Crippen molar-refractivity contribution in [3.8, 4) is 5.75 Å². The van der Waals surface area contributed by atoms with Gasteiger partial charge in [0.15, 0.2) is 0 Å². The van der Waals surface area contributed by atoms with E-state index in [-0.39, 0.29) is 6.03 Å². The lowest BCUT2D eigenvalue weighted by Gasteiger charge is -2.34. The zero-order valence-electron chi connectivity index (χ0n) is 15.8. The third-order valence-electron chi connectivity index (χ3n) is 5.70. The highest BCUT2D eigenvalue weighted by atomic mass is 16.5. The molecule has 1 saturated heterocycles. The lowest BCUT2D eigenvalue weighted by Crippen LogP contribution is -2.52. The van der Waals surface area contributed by atoms with Gasteiger partial charge in [0.2, 0.25) is 0 Å². The van der Waals surface area contributed by atoms with E-state index < -0.39 is 5.66 Å². The molecule has 0 spiro atoms. The van der Waals surface area contributed by atoms with Crippen LogP contribution < -0.4 is 15.8 Å². The molecule has 4 rings (SSSR count). The summed E-state index contributed by atoms with van der Waals surface area (Å²) in [5.41, 5.74) is 9.53. The summed E-state index contributed by atoms with van der Waals surface area (Å²) < 4.78 is 5.19. The van der Waals surface area contributed by atoms with Gasteiger partial charge < -0.3 is 20.7 Å². The van der Waals surface area contributed by atoms with Crippen molar-refractivity contribution in [3.63, 3.8) is 0 Å². The number of nitrogens with one attached hydrogen (secondary N) is 1. The highest BCUT2D eigenvalue weighted by molar-refractivity contribution is 5.78. The molecule has 1 aliphatic heterocycles. The molecule has 142 valence electrons. The first-order valence-corrected chi connectivity index (χ1v) is 9.68. The van der Waals surface area contributed by atoms with Crippen molar-refractivity contribution in [3.05, 3.63) is 65.2 Å². The number of ether oxygens (including phenoxy) is 1. The van der Waals surface area contributed by atoms with Crippen LogP contribution in [0.2, 0.25) is 0 Å². The smallest absolute Gasteiger partial charge is 0.319 e. The van der Waals surface area contributed by atoms with E-state index >= 15 is 0 Å². The molecule has 2 amide bonds. The Morgan fingerprint density at radius 3 is 2.48 bits per heavy atom. The molecule has 2 aromatic rings. The number of rotatable bonds is 7. The lowest BCUT2D eigenvalue weighted by atomic mass is 9.97. The third-order valence-corrected chi connectivity index (χ3v) is 5.70. The normalized spacial score (nSPS) is 22.0. The van der Waals surface area contributed by atoms with Gasteiger partial charge in [-0.3, -0.25) is 0 Å². The molecule has 0 radical (unpaired) electrons. The quantitative estimate of drug-likeness (QED) is 0.791. The average Bonchev–Trinajstić information content (AvgIpc) is 3.51. The molecule has 27 heavy (non-hydrogen) atoms. The second-order valence-corrected chi connectivity index (χ2v) is 7.58. The number of nitrogens with two attached hydrogens (primary N) is 1. The molecule has 0 bridgehead atoms. The van der Waals surface area contributed by atoms with Gasteiger partial charge in [0.25, 0.3) is 0 Å². The van der Waals surface area contributed by atoms with E-state index in [0.717, 1.165) is 30.1 Å². The van der Waals surface area contributed by atoms with Gasteiger partial charge in [0.1, 0.15) is 11.4 Å². The molecule has 2 fully saturated rings. The van der Waals surface area contributed by atoms with Gasteiger partial charge >= 0.3 is 6.03 Å².